The van der Waals surface area contributed by atoms with Crippen LogP contribution in [0.3, 0.4) is 0 Å². The number of hydrogen-bond donors (Lipinski definition) is 2. The lowest BCUT2D eigenvalue weighted by molar-refractivity contribution is 0.332. The molecule has 0 saturated heterocycles. The second-order valence-electron chi connectivity index (χ2n) is 4.33. The summed E-state index contributed by atoms with van der Waals surface area (Å²) >= 11 is 0. The average Bonchev–Trinajstić information content (AvgIpc) is 2.50. The van der Waals surface area contributed by atoms with E-state index < -0.39 is 0 Å². The van der Waals surface area contributed by atoms with Gasteiger partial charge in [-0.2, -0.15) is 0 Å². The standard InChI is InChI=1S/C16H21N3O2/c1-4-20-13-6-7-15(21-5-2)14(11-13)19-12-8-9-18-16(10-12)17-3/h6-11H,4-5H2,1-3H3,(H2,17,18,19). The van der Waals surface area contributed by atoms with Crippen molar-refractivity contribution in [2.75, 3.05) is 30.9 Å². The number of rotatable bonds is 7. The van der Waals surface area contributed by atoms with Crippen LogP contribution in [0.4, 0.5) is 17.2 Å². The first-order valence-electron chi connectivity index (χ1n) is 7.07. The first kappa shape index (κ1) is 15.0. The number of hydrogen-bond acceptors (Lipinski definition) is 5. The number of pyridine rings is 1. The molecule has 5 nitrogen and oxygen atoms in total. The van der Waals surface area contributed by atoms with Crippen molar-refractivity contribution in [2.45, 2.75) is 13.8 Å². The molecule has 0 radical (unpaired) electrons. The van der Waals surface area contributed by atoms with Crippen molar-refractivity contribution in [2.24, 2.45) is 0 Å². The summed E-state index contributed by atoms with van der Waals surface area (Å²) in [4.78, 5) is 4.20. The van der Waals surface area contributed by atoms with Gasteiger partial charge in [-0.25, -0.2) is 4.98 Å². The van der Waals surface area contributed by atoms with E-state index in [1.807, 2.05) is 51.2 Å². The summed E-state index contributed by atoms with van der Waals surface area (Å²) in [6.45, 7) is 5.17. The maximum absolute atomic E-state index is 5.65. The van der Waals surface area contributed by atoms with Crippen LogP contribution in [0.15, 0.2) is 36.5 Å². The highest BCUT2D eigenvalue weighted by atomic mass is 16.5. The van der Waals surface area contributed by atoms with Gasteiger partial charge < -0.3 is 20.1 Å². The second kappa shape index (κ2) is 7.38. The molecule has 0 fully saturated rings. The third-order valence-corrected chi connectivity index (χ3v) is 2.86. The van der Waals surface area contributed by atoms with Crippen LogP contribution >= 0.6 is 0 Å². The molecule has 5 heteroatoms. The van der Waals surface area contributed by atoms with E-state index in [-0.39, 0.29) is 0 Å². The average molecular weight is 287 g/mol. The number of anilines is 3. The Hall–Kier alpha value is -2.43. The van der Waals surface area contributed by atoms with Crippen LogP contribution in [0.5, 0.6) is 11.5 Å². The van der Waals surface area contributed by atoms with E-state index in [0.29, 0.717) is 13.2 Å². The predicted octanol–water partition coefficient (Wildman–Crippen LogP) is 3.66. The van der Waals surface area contributed by atoms with E-state index in [2.05, 4.69) is 15.6 Å². The molecule has 0 unspecified atom stereocenters. The van der Waals surface area contributed by atoms with Gasteiger partial charge in [-0.1, -0.05) is 0 Å². The first-order valence-corrected chi connectivity index (χ1v) is 7.07. The Morgan fingerprint density at radius 1 is 1.05 bits per heavy atom. The van der Waals surface area contributed by atoms with Crippen molar-refractivity contribution in [3.63, 3.8) is 0 Å². The summed E-state index contributed by atoms with van der Waals surface area (Å²) < 4.78 is 11.2. The van der Waals surface area contributed by atoms with Crippen LogP contribution in [0.1, 0.15) is 13.8 Å². The molecule has 1 aromatic heterocycles. The zero-order valence-electron chi connectivity index (χ0n) is 12.6. The van der Waals surface area contributed by atoms with E-state index in [0.717, 1.165) is 28.7 Å². The maximum atomic E-state index is 5.65. The SMILES string of the molecule is CCOc1ccc(OCC)c(Nc2ccnc(NC)c2)c1. The fourth-order valence-electron chi connectivity index (χ4n) is 1.95. The van der Waals surface area contributed by atoms with E-state index in [1.54, 1.807) is 6.20 Å². The van der Waals surface area contributed by atoms with Gasteiger partial charge in [-0.3, -0.25) is 0 Å². The van der Waals surface area contributed by atoms with Gasteiger partial charge >= 0.3 is 0 Å². The summed E-state index contributed by atoms with van der Waals surface area (Å²) in [5.41, 5.74) is 1.81. The molecular weight excluding hydrogens is 266 g/mol. The Morgan fingerprint density at radius 3 is 2.57 bits per heavy atom. The monoisotopic (exact) mass is 287 g/mol. The summed E-state index contributed by atoms with van der Waals surface area (Å²) in [7, 11) is 1.84. The topological polar surface area (TPSA) is 55.4 Å². The fourth-order valence-corrected chi connectivity index (χ4v) is 1.95. The Kier molecular flexibility index (Phi) is 5.26. The van der Waals surface area contributed by atoms with Gasteiger partial charge in [-0.15, -0.1) is 0 Å². The van der Waals surface area contributed by atoms with E-state index in [4.69, 9.17) is 9.47 Å². The van der Waals surface area contributed by atoms with Crippen molar-refractivity contribution < 1.29 is 9.47 Å². The Balaban J connectivity index is 2.28. The minimum atomic E-state index is 0.612. The first-order chi connectivity index (χ1) is 10.3. The highest BCUT2D eigenvalue weighted by molar-refractivity contribution is 5.69. The lowest BCUT2D eigenvalue weighted by atomic mass is 10.2. The molecule has 112 valence electrons. The van der Waals surface area contributed by atoms with Crippen molar-refractivity contribution in [1.82, 2.24) is 4.98 Å². The molecule has 0 atom stereocenters. The Morgan fingerprint density at radius 2 is 1.86 bits per heavy atom. The zero-order valence-corrected chi connectivity index (χ0v) is 12.6. The lowest BCUT2D eigenvalue weighted by Gasteiger charge is -2.14. The molecule has 0 saturated carbocycles. The van der Waals surface area contributed by atoms with Crippen LogP contribution in [0.25, 0.3) is 0 Å². The highest BCUT2D eigenvalue weighted by Gasteiger charge is 2.07. The van der Waals surface area contributed by atoms with Crippen molar-refractivity contribution in [3.05, 3.63) is 36.5 Å². The zero-order chi connectivity index (χ0) is 15.1. The number of ether oxygens (including phenoxy) is 2. The molecule has 0 aliphatic heterocycles. The van der Waals surface area contributed by atoms with Gasteiger partial charge in [0.15, 0.2) is 0 Å². The van der Waals surface area contributed by atoms with Crippen molar-refractivity contribution in [1.29, 1.82) is 0 Å². The van der Waals surface area contributed by atoms with E-state index in [1.165, 1.54) is 0 Å². The molecular formula is C16H21N3O2. The quantitative estimate of drug-likeness (QED) is 0.814. The Labute approximate surface area is 125 Å². The van der Waals surface area contributed by atoms with Crippen LogP contribution in [0, 0.1) is 0 Å². The molecule has 0 aliphatic carbocycles. The summed E-state index contributed by atoms with van der Waals surface area (Å²) in [6, 6.07) is 9.60. The molecule has 1 aromatic carbocycles. The molecule has 1 heterocycles. The largest absolute Gasteiger partial charge is 0.494 e. The van der Waals surface area contributed by atoms with Gasteiger partial charge in [-0.05, 0) is 32.0 Å². The summed E-state index contributed by atoms with van der Waals surface area (Å²) in [5.74, 6) is 2.41. The fraction of sp³-hybridized carbons (Fsp3) is 0.312. The van der Waals surface area contributed by atoms with Crippen molar-refractivity contribution in [3.8, 4) is 11.5 Å². The normalized spacial score (nSPS) is 10.0. The number of aromatic nitrogens is 1. The van der Waals surface area contributed by atoms with Gasteiger partial charge in [0.1, 0.15) is 17.3 Å². The van der Waals surface area contributed by atoms with Crippen LogP contribution < -0.4 is 20.1 Å². The smallest absolute Gasteiger partial charge is 0.142 e. The lowest BCUT2D eigenvalue weighted by Crippen LogP contribution is -2.00. The predicted molar refractivity (Wildman–Crippen MR) is 85.8 cm³/mol. The molecule has 0 amide bonds. The van der Waals surface area contributed by atoms with Crippen molar-refractivity contribution >= 4 is 17.2 Å². The molecule has 0 bridgehead atoms. The number of nitrogens with one attached hydrogen (secondary N) is 2. The maximum Gasteiger partial charge on any atom is 0.142 e. The number of nitrogens with zero attached hydrogens (tertiary/aromatic N) is 1. The second-order valence-corrected chi connectivity index (χ2v) is 4.33. The minimum absolute atomic E-state index is 0.612. The van der Waals surface area contributed by atoms with Gasteiger partial charge in [0, 0.05) is 31.1 Å². The third kappa shape index (κ3) is 4.02. The van der Waals surface area contributed by atoms with Gasteiger partial charge in [0.25, 0.3) is 0 Å². The Bertz CT molecular complexity index is 587. The third-order valence-electron chi connectivity index (χ3n) is 2.86. The van der Waals surface area contributed by atoms with E-state index >= 15 is 0 Å². The van der Waals surface area contributed by atoms with E-state index in [9.17, 15) is 0 Å². The molecule has 2 N–H and O–H groups in total. The van der Waals surface area contributed by atoms with Crippen LogP contribution in [-0.2, 0) is 0 Å². The molecule has 2 aromatic rings. The summed E-state index contributed by atoms with van der Waals surface area (Å²) in [6.07, 6.45) is 1.75. The van der Waals surface area contributed by atoms with Gasteiger partial charge in [0.05, 0.1) is 18.9 Å². The highest BCUT2D eigenvalue weighted by Crippen LogP contribution is 2.32. The van der Waals surface area contributed by atoms with Crippen LogP contribution in [-0.4, -0.2) is 25.2 Å². The molecule has 2 rings (SSSR count). The van der Waals surface area contributed by atoms with Crippen LogP contribution in [0.2, 0.25) is 0 Å². The number of benzene rings is 1. The summed E-state index contributed by atoms with van der Waals surface area (Å²) in [5, 5.41) is 6.36. The minimum Gasteiger partial charge on any atom is -0.494 e. The molecule has 21 heavy (non-hydrogen) atoms. The van der Waals surface area contributed by atoms with Gasteiger partial charge in [0.2, 0.25) is 0 Å². The molecule has 0 aliphatic rings. The molecule has 0 spiro atoms.